The number of aromatic nitrogens is 3. The van der Waals surface area contributed by atoms with E-state index in [1.54, 1.807) is 17.1 Å². The van der Waals surface area contributed by atoms with Gasteiger partial charge in [-0.25, -0.2) is 17.8 Å². The van der Waals surface area contributed by atoms with E-state index >= 15 is 0 Å². The van der Waals surface area contributed by atoms with E-state index in [4.69, 9.17) is 0 Å². The first kappa shape index (κ1) is 16.6. The third kappa shape index (κ3) is 4.11. The fourth-order valence-electron chi connectivity index (χ4n) is 2.27. The zero-order valence-corrected chi connectivity index (χ0v) is 13.5. The minimum absolute atomic E-state index is 0.0920. The van der Waals surface area contributed by atoms with Gasteiger partial charge in [0.25, 0.3) is 0 Å². The van der Waals surface area contributed by atoms with E-state index in [0.717, 1.165) is 6.26 Å². The standard InChI is InChI=1S/C14H19FN4O2S/c1-10(7-19-9-16-8-17-19)18-11(2)12-4-5-14(13(15)6-12)22(3,20)21/h4-6,8-11,18H,7H2,1-3H3/t10-,11-/m1/s1. The number of nitrogens with zero attached hydrogens (tertiary/aromatic N) is 3. The molecule has 1 heterocycles. The third-order valence-electron chi connectivity index (χ3n) is 3.32. The van der Waals surface area contributed by atoms with Gasteiger partial charge in [-0.1, -0.05) is 6.07 Å². The molecule has 0 saturated carbocycles. The summed E-state index contributed by atoms with van der Waals surface area (Å²) >= 11 is 0. The third-order valence-corrected chi connectivity index (χ3v) is 4.45. The average molecular weight is 326 g/mol. The number of sulfone groups is 1. The molecular weight excluding hydrogens is 307 g/mol. The van der Waals surface area contributed by atoms with E-state index in [-0.39, 0.29) is 17.0 Å². The molecule has 1 aromatic heterocycles. The van der Waals surface area contributed by atoms with Crippen LogP contribution in [0.4, 0.5) is 4.39 Å². The molecule has 0 bridgehead atoms. The molecule has 0 radical (unpaired) electrons. The van der Waals surface area contributed by atoms with Crippen molar-refractivity contribution in [2.45, 2.75) is 37.4 Å². The summed E-state index contributed by atoms with van der Waals surface area (Å²) in [5.74, 6) is -0.724. The van der Waals surface area contributed by atoms with Crippen molar-refractivity contribution in [2.75, 3.05) is 6.26 Å². The van der Waals surface area contributed by atoms with Gasteiger partial charge in [0.2, 0.25) is 0 Å². The van der Waals surface area contributed by atoms with Crippen LogP contribution in [-0.2, 0) is 16.4 Å². The van der Waals surface area contributed by atoms with Gasteiger partial charge in [-0.3, -0.25) is 4.68 Å². The van der Waals surface area contributed by atoms with Crippen LogP contribution in [0, 0.1) is 5.82 Å². The Kier molecular flexibility index (Phi) is 4.92. The first-order valence-electron chi connectivity index (χ1n) is 6.85. The summed E-state index contributed by atoms with van der Waals surface area (Å²) in [6, 6.07) is 4.16. The Labute approximate surface area is 129 Å². The summed E-state index contributed by atoms with van der Waals surface area (Å²) < 4.78 is 38.5. The van der Waals surface area contributed by atoms with E-state index in [2.05, 4.69) is 15.4 Å². The molecule has 120 valence electrons. The summed E-state index contributed by atoms with van der Waals surface area (Å²) in [6.45, 7) is 4.51. The lowest BCUT2D eigenvalue weighted by Gasteiger charge is -2.20. The van der Waals surface area contributed by atoms with Crippen molar-refractivity contribution in [3.05, 3.63) is 42.2 Å². The van der Waals surface area contributed by atoms with Gasteiger partial charge < -0.3 is 5.32 Å². The topological polar surface area (TPSA) is 76.9 Å². The number of halogens is 1. The Bertz CT molecular complexity index is 731. The normalized spacial score (nSPS) is 14.7. The molecule has 0 unspecified atom stereocenters. The quantitative estimate of drug-likeness (QED) is 0.872. The van der Waals surface area contributed by atoms with Crippen molar-refractivity contribution >= 4 is 9.84 Å². The maximum Gasteiger partial charge on any atom is 0.178 e. The number of hydrogen-bond donors (Lipinski definition) is 1. The lowest BCUT2D eigenvalue weighted by atomic mass is 10.1. The van der Waals surface area contributed by atoms with Crippen molar-refractivity contribution in [3.63, 3.8) is 0 Å². The van der Waals surface area contributed by atoms with E-state index in [1.807, 2.05) is 13.8 Å². The van der Waals surface area contributed by atoms with Crippen LogP contribution in [0.3, 0.4) is 0 Å². The molecule has 0 aliphatic rings. The molecule has 22 heavy (non-hydrogen) atoms. The van der Waals surface area contributed by atoms with Crippen molar-refractivity contribution in [2.24, 2.45) is 0 Å². The van der Waals surface area contributed by atoms with Gasteiger partial charge in [-0.15, -0.1) is 0 Å². The number of benzene rings is 1. The maximum absolute atomic E-state index is 13.9. The molecule has 0 amide bonds. The van der Waals surface area contributed by atoms with Gasteiger partial charge >= 0.3 is 0 Å². The van der Waals surface area contributed by atoms with Gasteiger partial charge in [0.1, 0.15) is 23.4 Å². The van der Waals surface area contributed by atoms with Crippen molar-refractivity contribution in [1.29, 1.82) is 0 Å². The zero-order valence-electron chi connectivity index (χ0n) is 12.7. The monoisotopic (exact) mass is 326 g/mol. The van der Waals surface area contributed by atoms with Gasteiger partial charge in [0.05, 0.1) is 6.54 Å². The highest BCUT2D eigenvalue weighted by Crippen LogP contribution is 2.20. The Morgan fingerprint density at radius 1 is 1.36 bits per heavy atom. The molecule has 1 aromatic carbocycles. The molecule has 6 nitrogen and oxygen atoms in total. The van der Waals surface area contributed by atoms with Crippen LogP contribution < -0.4 is 5.32 Å². The van der Waals surface area contributed by atoms with Crippen LogP contribution in [0.2, 0.25) is 0 Å². The fraction of sp³-hybridized carbons (Fsp3) is 0.429. The van der Waals surface area contributed by atoms with Crippen molar-refractivity contribution < 1.29 is 12.8 Å². The first-order chi connectivity index (χ1) is 10.3. The Balaban J connectivity index is 2.06. The van der Waals surface area contributed by atoms with E-state index in [0.29, 0.717) is 12.1 Å². The summed E-state index contributed by atoms with van der Waals surface area (Å²) in [4.78, 5) is 3.60. The molecule has 0 aliphatic carbocycles. The molecule has 2 aromatic rings. The number of nitrogens with one attached hydrogen (secondary N) is 1. The van der Waals surface area contributed by atoms with Gasteiger partial charge in [-0.05, 0) is 31.5 Å². The highest BCUT2D eigenvalue weighted by molar-refractivity contribution is 7.90. The minimum atomic E-state index is -3.55. The van der Waals surface area contributed by atoms with Gasteiger partial charge in [0.15, 0.2) is 9.84 Å². The molecule has 0 spiro atoms. The van der Waals surface area contributed by atoms with Crippen LogP contribution in [0.25, 0.3) is 0 Å². The summed E-state index contributed by atoms with van der Waals surface area (Å²) in [7, 11) is -3.55. The zero-order chi connectivity index (χ0) is 16.3. The summed E-state index contributed by atoms with van der Waals surface area (Å²) in [5.41, 5.74) is 0.690. The van der Waals surface area contributed by atoms with Crippen molar-refractivity contribution in [3.8, 4) is 0 Å². The molecule has 2 atom stereocenters. The second-order valence-electron chi connectivity index (χ2n) is 5.37. The Morgan fingerprint density at radius 2 is 2.09 bits per heavy atom. The highest BCUT2D eigenvalue weighted by atomic mass is 32.2. The van der Waals surface area contributed by atoms with E-state index < -0.39 is 15.7 Å². The summed E-state index contributed by atoms with van der Waals surface area (Å²) in [6.07, 6.45) is 4.09. The molecule has 0 aliphatic heterocycles. The maximum atomic E-state index is 13.9. The molecular formula is C14H19FN4O2S. The smallest absolute Gasteiger partial charge is 0.178 e. The molecule has 8 heteroatoms. The fourth-order valence-corrected chi connectivity index (χ4v) is 3.00. The van der Waals surface area contributed by atoms with Crippen LogP contribution in [0.1, 0.15) is 25.5 Å². The average Bonchev–Trinajstić information content (AvgIpc) is 2.89. The van der Waals surface area contributed by atoms with E-state index in [1.165, 1.54) is 18.5 Å². The molecule has 2 rings (SSSR count). The second-order valence-corrected chi connectivity index (χ2v) is 7.35. The van der Waals surface area contributed by atoms with Crippen LogP contribution in [-0.4, -0.2) is 35.5 Å². The predicted octanol–water partition coefficient (Wildman–Crippen LogP) is 1.56. The predicted molar refractivity (Wildman–Crippen MR) is 80.5 cm³/mol. The molecule has 0 fully saturated rings. The van der Waals surface area contributed by atoms with Crippen molar-refractivity contribution in [1.82, 2.24) is 20.1 Å². The minimum Gasteiger partial charge on any atom is -0.306 e. The largest absolute Gasteiger partial charge is 0.306 e. The first-order valence-corrected chi connectivity index (χ1v) is 8.74. The molecule has 1 N–H and O–H groups in total. The molecule has 0 saturated heterocycles. The van der Waals surface area contributed by atoms with Crippen LogP contribution in [0.15, 0.2) is 35.7 Å². The number of rotatable bonds is 6. The number of hydrogen-bond acceptors (Lipinski definition) is 5. The van der Waals surface area contributed by atoms with Gasteiger partial charge in [-0.2, -0.15) is 5.10 Å². The van der Waals surface area contributed by atoms with Gasteiger partial charge in [0, 0.05) is 18.3 Å². The SMILES string of the molecule is C[C@H](Cn1cncn1)N[C@H](C)c1ccc(S(C)(=O)=O)c(F)c1. The highest BCUT2D eigenvalue weighted by Gasteiger charge is 2.16. The van der Waals surface area contributed by atoms with Crippen LogP contribution in [0.5, 0.6) is 0 Å². The Morgan fingerprint density at radius 3 is 2.64 bits per heavy atom. The van der Waals surface area contributed by atoms with E-state index in [9.17, 15) is 12.8 Å². The summed E-state index contributed by atoms with van der Waals surface area (Å²) in [5, 5.41) is 7.34. The van der Waals surface area contributed by atoms with Crippen LogP contribution >= 0.6 is 0 Å². The lowest BCUT2D eigenvalue weighted by molar-refractivity contribution is 0.411. The second kappa shape index (κ2) is 6.53. The lowest BCUT2D eigenvalue weighted by Crippen LogP contribution is -2.32. The Hall–Kier alpha value is -1.80.